The zero-order chi connectivity index (χ0) is 16.4. The number of nitrogens with zero attached hydrogens (tertiary/aromatic N) is 1. The maximum absolute atomic E-state index is 12.4. The molecule has 0 atom stereocenters. The molecule has 2 aromatic carbocycles. The van der Waals surface area contributed by atoms with Crippen LogP contribution < -0.4 is 5.32 Å². The molecule has 0 saturated heterocycles. The third-order valence-electron chi connectivity index (χ3n) is 3.37. The van der Waals surface area contributed by atoms with Gasteiger partial charge in [0, 0.05) is 21.2 Å². The third-order valence-corrected chi connectivity index (χ3v) is 3.84. The van der Waals surface area contributed by atoms with Gasteiger partial charge in [0.2, 0.25) is 0 Å². The zero-order valence-corrected chi connectivity index (χ0v) is 13.7. The molecule has 1 aromatic heterocycles. The van der Waals surface area contributed by atoms with Crippen LogP contribution in [0.15, 0.2) is 48.5 Å². The number of rotatable bonds is 3. The van der Waals surface area contributed by atoms with Crippen LogP contribution in [0.4, 0.5) is 5.69 Å². The van der Waals surface area contributed by atoms with Crippen molar-refractivity contribution >= 4 is 34.8 Å². The summed E-state index contributed by atoms with van der Waals surface area (Å²) < 4.78 is 0. The summed E-state index contributed by atoms with van der Waals surface area (Å²) in [4.78, 5) is 12.4. The van der Waals surface area contributed by atoms with Crippen molar-refractivity contribution in [1.29, 1.82) is 0 Å². The van der Waals surface area contributed by atoms with E-state index in [1.54, 1.807) is 36.4 Å². The number of carbonyl (C=O) groups is 1. The van der Waals surface area contributed by atoms with Gasteiger partial charge in [-0.05, 0) is 37.3 Å². The number of amides is 1. The van der Waals surface area contributed by atoms with Crippen LogP contribution in [0.5, 0.6) is 0 Å². The highest BCUT2D eigenvalue weighted by molar-refractivity contribution is 6.31. The Morgan fingerprint density at radius 1 is 1.09 bits per heavy atom. The number of hydrogen-bond donors (Lipinski definition) is 2. The Labute approximate surface area is 143 Å². The molecular formula is C17H13Cl2N3O. The summed E-state index contributed by atoms with van der Waals surface area (Å²) in [6.45, 7) is 1.84. The lowest BCUT2D eigenvalue weighted by molar-refractivity contribution is 0.102. The Balaban J connectivity index is 1.95. The molecule has 0 spiro atoms. The predicted octanol–water partition coefficient (Wildman–Crippen LogP) is 4.94. The van der Waals surface area contributed by atoms with E-state index in [1.165, 1.54) is 0 Å². The van der Waals surface area contributed by atoms with Crippen LogP contribution in [0.3, 0.4) is 0 Å². The normalized spacial score (nSPS) is 10.6. The van der Waals surface area contributed by atoms with Crippen molar-refractivity contribution in [3.63, 3.8) is 0 Å². The second kappa shape index (κ2) is 6.44. The third kappa shape index (κ3) is 3.38. The van der Waals surface area contributed by atoms with E-state index in [4.69, 9.17) is 23.2 Å². The van der Waals surface area contributed by atoms with Gasteiger partial charge < -0.3 is 5.32 Å². The number of carbonyl (C=O) groups excluding carboxylic acids is 1. The molecule has 2 N–H and O–H groups in total. The van der Waals surface area contributed by atoms with E-state index in [9.17, 15) is 4.79 Å². The van der Waals surface area contributed by atoms with Gasteiger partial charge in [0.15, 0.2) is 0 Å². The highest BCUT2D eigenvalue weighted by Crippen LogP contribution is 2.30. The Bertz CT molecular complexity index is 874. The van der Waals surface area contributed by atoms with Crippen LogP contribution in [0.25, 0.3) is 11.3 Å². The average Bonchev–Trinajstić information content (AvgIpc) is 2.88. The maximum Gasteiger partial charge on any atom is 0.255 e. The molecule has 4 nitrogen and oxygen atoms in total. The van der Waals surface area contributed by atoms with E-state index in [0.717, 1.165) is 11.3 Å². The van der Waals surface area contributed by atoms with Crippen LogP contribution in [0.1, 0.15) is 16.1 Å². The van der Waals surface area contributed by atoms with Gasteiger partial charge in [0.1, 0.15) is 5.69 Å². The molecule has 23 heavy (non-hydrogen) atoms. The van der Waals surface area contributed by atoms with Gasteiger partial charge in [-0.2, -0.15) is 5.10 Å². The van der Waals surface area contributed by atoms with E-state index in [1.807, 2.05) is 19.1 Å². The summed E-state index contributed by atoms with van der Waals surface area (Å²) in [5.74, 6) is -0.250. The van der Waals surface area contributed by atoms with E-state index in [-0.39, 0.29) is 5.91 Å². The van der Waals surface area contributed by atoms with Gasteiger partial charge in [-0.25, -0.2) is 0 Å². The molecule has 0 aliphatic heterocycles. The standard InChI is InChI=1S/C17H13Cl2N3O/c1-10-15(20-17(23)12-5-3-7-14(19)9-12)16(22-21-10)11-4-2-6-13(18)8-11/h2-9H,1H3,(H,20,23)(H,21,22). The minimum absolute atomic E-state index is 0.250. The fourth-order valence-corrected chi connectivity index (χ4v) is 2.62. The van der Waals surface area contributed by atoms with Gasteiger partial charge >= 0.3 is 0 Å². The first-order valence-electron chi connectivity index (χ1n) is 6.92. The number of aromatic nitrogens is 2. The number of anilines is 1. The first kappa shape index (κ1) is 15.6. The molecule has 0 aliphatic rings. The summed E-state index contributed by atoms with van der Waals surface area (Å²) >= 11 is 12.0. The Morgan fingerprint density at radius 3 is 2.48 bits per heavy atom. The van der Waals surface area contributed by atoms with Gasteiger partial charge in [-0.15, -0.1) is 0 Å². The van der Waals surface area contributed by atoms with Crippen LogP contribution in [0.2, 0.25) is 10.0 Å². The van der Waals surface area contributed by atoms with Crippen molar-refractivity contribution < 1.29 is 4.79 Å². The molecule has 3 rings (SSSR count). The lowest BCUT2D eigenvalue weighted by Crippen LogP contribution is -2.12. The summed E-state index contributed by atoms with van der Waals surface area (Å²) in [5.41, 5.74) is 3.33. The van der Waals surface area contributed by atoms with Crippen molar-refractivity contribution in [2.45, 2.75) is 6.92 Å². The molecule has 0 saturated carbocycles. The molecule has 0 radical (unpaired) electrons. The number of aryl methyl sites for hydroxylation is 1. The topological polar surface area (TPSA) is 57.8 Å². The van der Waals surface area contributed by atoms with Gasteiger partial charge in [-0.3, -0.25) is 9.89 Å². The predicted molar refractivity (Wildman–Crippen MR) is 93.2 cm³/mol. The van der Waals surface area contributed by atoms with Gasteiger partial charge in [-0.1, -0.05) is 41.4 Å². The fraction of sp³-hybridized carbons (Fsp3) is 0.0588. The van der Waals surface area contributed by atoms with Crippen LogP contribution in [-0.2, 0) is 0 Å². The molecule has 116 valence electrons. The zero-order valence-electron chi connectivity index (χ0n) is 12.2. The Kier molecular flexibility index (Phi) is 4.37. The molecule has 0 bridgehead atoms. The highest BCUT2D eigenvalue weighted by Gasteiger charge is 2.16. The van der Waals surface area contributed by atoms with Crippen LogP contribution in [-0.4, -0.2) is 16.1 Å². The number of hydrogen-bond acceptors (Lipinski definition) is 2. The highest BCUT2D eigenvalue weighted by atomic mass is 35.5. The van der Waals surface area contributed by atoms with E-state index in [2.05, 4.69) is 15.5 Å². The van der Waals surface area contributed by atoms with E-state index in [0.29, 0.717) is 27.0 Å². The first-order chi connectivity index (χ1) is 11.0. The van der Waals surface area contributed by atoms with E-state index >= 15 is 0 Å². The van der Waals surface area contributed by atoms with Crippen molar-refractivity contribution in [3.05, 3.63) is 69.8 Å². The van der Waals surface area contributed by atoms with Gasteiger partial charge in [0.25, 0.3) is 5.91 Å². The fourth-order valence-electron chi connectivity index (χ4n) is 2.24. The summed E-state index contributed by atoms with van der Waals surface area (Å²) in [6, 6.07) is 14.1. The monoisotopic (exact) mass is 345 g/mol. The number of benzene rings is 2. The smallest absolute Gasteiger partial charge is 0.255 e. The van der Waals surface area contributed by atoms with Gasteiger partial charge in [0.05, 0.1) is 11.4 Å². The lowest BCUT2D eigenvalue weighted by Gasteiger charge is -2.07. The second-order valence-corrected chi connectivity index (χ2v) is 5.92. The minimum atomic E-state index is -0.250. The summed E-state index contributed by atoms with van der Waals surface area (Å²) in [7, 11) is 0. The quantitative estimate of drug-likeness (QED) is 0.705. The number of aromatic amines is 1. The number of nitrogens with one attached hydrogen (secondary N) is 2. The van der Waals surface area contributed by atoms with Crippen molar-refractivity contribution in [2.24, 2.45) is 0 Å². The summed E-state index contributed by atoms with van der Waals surface area (Å²) in [6.07, 6.45) is 0. The SMILES string of the molecule is Cc1[nH]nc(-c2cccc(Cl)c2)c1NC(=O)c1cccc(Cl)c1. The minimum Gasteiger partial charge on any atom is -0.319 e. The van der Waals surface area contributed by atoms with E-state index < -0.39 is 0 Å². The maximum atomic E-state index is 12.4. The Hall–Kier alpha value is -2.30. The van der Waals surface area contributed by atoms with Crippen molar-refractivity contribution in [2.75, 3.05) is 5.32 Å². The Morgan fingerprint density at radius 2 is 1.78 bits per heavy atom. The van der Waals surface area contributed by atoms with Crippen LogP contribution >= 0.6 is 23.2 Å². The molecule has 0 fully saturated rings. The van der Waals surface area contributed by atoms with Crippen LogP contribution in [0, 0.1) is 6.92 Å². The molecular weight excluding hydrogens is 333 g/mol. The first-order valence-corrected chi connectivity index (χ1v) is 7.68. The molecule has 0 unspecified atom stereocenters. The summed E-state index contributed by atoms with van der Waals surface area (Å²) in [5, 5.41) is 11.2. The van der Waals surface area contributed by atoms with Crippen molar-refractivity contribution in [3.8, 4) is 11.3 Å². The molecule has 3 aromatic rings. The van der Waals surface area contributed by atoms with Crippen molar-refractivity contribution in [1.82, 2.24) is 10.2 Å². The average molecular weight is 346 g/mol. The largest absolute Gasteiger partial charge is 0.319 e. The molecule has 0 aliphatic carbocycles. The molecule has 6 heteroatoms. The number of H-pyrrole nitrogens is 1. The lowest BCUT2D eigenvalue weighted by atomic mass is 10.1. The molecule has 1 heterocycles. The number of halogens is 2. The second-order valence-electron chi connectivity index (χ2n) is 5.05. The molecule has 1 amide bonds.